The normalized spacial score (nSPS) is 16.8. The van der Waals surface area contributed by atoms with Crippen LogP contribution in [0.5, 0.6) is 0 Å². The van der Waals surface area contributed by atoms with Crippen molar-refractivity contribution in [1.82, 2.24) is 19.8 Å². The van der Waals surface area contributed by atoms with Gasteiger partial charge in [-0.25, -0.2) is 9.97 Å². The maximum atomic E-state index is 12.3. The van der Waals surface area contributed by atoms with Gasteiger partial charge in [-0.1, -0.05) is 61.0 Å². The number of hydrogen-bond donors (Lipinski definition) is 0. The molecule has 1 aliphatic heterocycles. The maximum absolute atomic E-state index is 12.3. The first-order valence-corrected chi connectivity index (χ1v) is 11.0. The summed E-state index contributed by atoms with van der Waals surface area (Å²) in [6.07, 6.45) is 5.10. The maximum Gasteiger partial charge on any atom is 0.256 e. The fourth-order valence-electron chi connectivity index (χ4n) is 4.24. The minimum Gasteiger partial charge on any atom is -0.345 e. The van der Waals surface area contributed by atoms with Crippen LogP contribution in [0.2, 0.25) is 0 Å². The molecule has 1 atom stereocenters. The average Bonchev–Trinajstić information content (AvgIpc) is 2.80. The first-order valence-electron chi connectivity index (χ1n) is 11.0. The van der Waals surface area contributed by atoms with Crippen LogP contribution in [0.4, 0.5) is 0 Å². The molecule has 1 fully saturated rings. The molecule has 5 heteroatoms. The molecule has 0 bridgehead atoms. The van der Waals surface area contributed by atoms with Crippen LogP contribution in [0.25, 0.3) is 11.1 Å². The van der Waals surface area contributed by atoms with Crippen molar-refractivity contribution in [2.75, 3.05) is 20.6 Å². The number of carbonyl (C=O) groups excluding carboxylic acids is 1. The topological polar surface area (TPSA) is 49.3 Å². The van der Waals surface area contributed by atoms with Crippen LogP contribution in [0.15, 0.2) is 60.8 Å². The summed E-state index contributed by atoms with van der Waals surface area (Å²) in [5.74, 6) is 0.775. The van der Waals surface area contributed by atoms with Gasteiger partial charge < -0.3 is 4.90 Å². The van der Waals surface area contributed by atoms with Crippen molar-refractivity contribution >= 4 is 5.91 Å². The van der Waals surface area contributed by atoms with Gasteiger partial charge in [-0.2, -0.15) is 0 Å². The van der Waals surface area contributed by atoms with Gasteiger partial charge in [-0.15, -0.1) is 0 Å². The minimum atomic E-state index is -0.0527. The molecule has 1 aliphatic rings. The van der Waals surface area contributed by atoms with Crippen LogP contribution < -0.4 is 0 Å². The van der Waals surface area contributed by atoms with Crippen LogP contribution in [0.1, 0.15) is 52.7 Å². The highest BCUT2D eigenvalue weighted by molar-refractivity contribution is 5.94. The van der Waals surface area contributed by atoms with E-state index in [0.717, 1.165) is 31.0 Å². The molecule has 0 unspecified atom stereocenters. The van der Waals surface area contributed by atoms with Gasteiger partial charge in [-0.3, -0.25) is 9.69 Å². The van der Waals surface area contributed by atoms with E-state index in [1.54, 1.807) is 25.2 Å². The molecule has 1 saturated heterocycles. The molecule has 0 saturated carbocycles. The second-order valence-corrected chi connectivity index (χ2v) is 8.47. The first-order chi connectivity index (χ1) is 15.0. The Hall–Kier alpha value is -3.05. The predicted molar refractivity (Wildman–Crippen MR) is 124 cm³/mol. The molecule has 4 rings (SSSR count). The number of likely N-dealkylation sites (tertiary alicyclic amines) is 1. The summed E-state index contributed by atoms with van der Waals surface area (Å²) in [4.78, 5) is 25.7. The SMILES string of the molecule is Cc1nc([C@H]2CCCCN2Cc2ccc(-c3ccccc3)cc2)ncc1C(=O)N(C)C. The molecule has 2 heterocycles. The van der Waals surface area contributed by atoms with E-state index in [1.165, 1.54) is 29.5 Å². The highest BCUT2D eigenvalue weighted by Gasteiger charge is 2.27. The molecule has 0 N–H and O–H groups in total. The van der Waals surface area contributed by atoms with E-state index >= 15 is 0 Å². The second kappa shape index (κ2) is 9.40. The van der Waals surface area contributed by atoms with E-state index in [2.05, 4.69) is 58.4 Å². The summed E-state index contributed by atoms with van der Waals surface area (Å²) >= 11 is 0. The molecule has 3 aromatic rings. The van der Waals surface area contributed by atoms with E-state index in [4.69, 9.17) is 4.98 Å². The molecule has 5 nitrogen and oxygen atoms in total. The van der Waals surface area contributed by atoms with E-state index < -0.39 is 0 Å². The van der Waals surface area contributed by atoms with Crippen molar-refractivity contribution in [2.45, 2.75) is 38.8 Å². The number of aryl methyl sites for hydroxylation is 1. The first kappa shape index (κ1) is 21.2. The third-order valence-electron chi connectivity index (χ3n) is 5.99. The Kier molecular flexibility index (Phi) is 6.42. The lowest BCUT2D eigenvalue weighted by molar-refractivity contribution is 0.0825. The van der Waals surface area contributed by atoms with E-state index in [9.17, 15) is 4.79 Å². The van der Waals surface area contributed by atoms with Crippen LogP contribution in [0, 0.1) is 6.92 Å². The van der Waals surface area contributed by atoms with Crippen LogP contribution in [-0.4, -0.2) is 46.3 Å². The molecule has 1 amide bonds. The minimum absolute atomic E-state index is 0.0527. The smallest absolute Gasteiger partial charge is 0.256 e. The molecule has 2 aromatic carbocycles. The standard InChI is InChI=1S/C26H30N4O/c1-19-23(26(31)29(2)3)17-27-25(28-19)24-11-7-8-16-30(24)18-20-12-14-22(15-13-20)21-9-5-4-6-10-21/h4-6,9-10,12-15,17,24H,7-8,11,16,18H2,1-3H3/t24-/m1/s1. The number of rotatable bonds is 5. The summed E-state index contributed by atoms with van der Waals surface area (Å²) < 4.78 is 0. The lowest BCUT2D eigenvalue weighted by Crippen LogP contribution is -2.34. The Bertz CT molecular complexity index is 1030. The summed E-state index contributed by atoms with van der Waals surface area (Å²) in [6.45, 7) is 3.81. The Labute approximate surface area is 184 Å². The third-order valence-corrected chi connectivity index (χ3v) is 5.99. The zero-order valence-electron chi connectivity index (χ0n) is 18.6. The summed E-state index contributed by atoms with van der Waals surface area (Å²) in [6, 6.07) is 19.5. The number of nitrogens with zero attached hydrogens (tertiary/aromatic N) is 4. The second-order valence-electron chi connectivity index (χ2n) is 8.47. The highest BCUT2D eigenvalue weighted by atomic mass is 16.2. The number of hydrogen-bond acceptors (Lipinski definition) is 4. The van der Waals surface area contributed by atoms with Crippen molar-refractivity contribution < 1.29 is 4.79 Å². The van der Waals surface area contributed by atoms with Gasteiger partial charge >= 0.3 is 0 Å². The predicted octanol–water partition coefficient (Wildman–Crippen LogP) is 4.88. The number of amides is 1. The third kappa shape index (κ3) is 4.83. The molecule has 160 valence electrons. The number of carbonyl (C=O) groups is 1. The van der Waals surface area contributed by atoms with Crippen LogP contribution >= 0.6 is 0 Å². The quantitative estimate of drug-likeness (QED) is 0.597. The fourth-order valence-corrected chi connectivity index (χ4v) is 4.24. The molecule has 0 spiro atoms. The van der Waals surface area contributed by atoms with Crippen molar-refractivity contribution in [3.8, 4) is 11.1 Å². The van der Waals surface area contributed by atoms with E-state index in [-0.39, 0.29) is 11.9 Å². The number of piperidine rings is 1. The van der Waals surface area contributed by atoms with E-state index in [1.807, 2.05) is 13.0 Å². The van der Waals surface area contributed by atoms with Gasteiger partial charge in [0.15, 0.2) is 0 Å². The van der Waals surface area contributed by atoms with Crippen molar-refractivity contribution in [1.29, 1.82) is 0 Å². The average molecular weight is 415 g/mol. The number of benzene rings is 2. The summed E-state index contributed by atoms with van der Waals surface area (Å²) in [7, 11) is 3.50. The fraction of sp³-hybridized carbons (Fsp3) is 0.346. The largest absolute Gasteiger partial charge is 0.345 e. The van der Waals surface area contributed by atoms with Crippen LogP contribution in [-0.2, 0) is 6.54 Å². The number of aromatic nitrogens is 2. The summed E-state index contributed by atoms with van der Waals surface area (Å²) in [5.41, 5.74) is 5.09. The molecule has 0 radical (unpaired) electrons. The Morgan fingerprint density at radius 1 is 1.03 bits per heavy atom. The molecule has 1 aromatic heterocycles. The van der Waals surface area contributed by atoms with Crippen molar-refractivity contribution in [2.24, 2.45) is 0 Å². The van der Waals surface area contributed by atoms with E-state index in [0.29, 0.717) is 5.56 Å². The van der Waals surface area contributed by atoms with Gasteiger partial charge in [0.1, 0.15) is 5.82 Å². The zero-order chi connectivity index (χ0) is 21.8. The molecular formula is C26H30N4O. The van der Waals surface area contributed by atoms with Gasteiger partial charge in [0.05, 0.1) is 17.3 Å². The van der Waals surface area contributed by atoms with Crippen LogP contribution in [0.3, 0.4) is 0 Å². The highest BCUT2D eigenvalue weighted by Crippen LogP contribution is 2.31. The van der Waals surface area contributed by atoms with Gasteiger partial charge in [-0.05, 0) is 43.0 Å². The summed E-state index contributed by atoms with van der Waals surface area (Å²) in [5, 5.41) is 0. The molecule has 31 heavy (non-hydrogen) atoms. The molecule has 0 aliphatic carbocycles. The van der Waals surface area contributed by atoms with Gasteiger partial charge in [0, 0.05) is 26.8 Å². The Morgan fingerprint density at radius 2 is 1.74 bits per heavy atom. The lowest BCUT2D eigenvalue weighted by atomic mass is 9.99. The van der Waals surface area contributed by atoms with Crippen molar-refractivity contribution in [3.05, 3.63) is 83.4 Å². The Balaban J connectivity index is 1.52. The Morgan fingerprint density at radius 3 is 2.42 bits per heavy atom. The van der Waals surface area contributed by atoms with Crippen molar-refractivity contribution in [3.63, 3.8) is 0 Å². The van der Waals surface area contributed by atoms with Gasteiger partial charge in [0.25, 0.3) is 5.91 Å². The van der Waals surface area contributed by atoms with Gasteiger partial charge in [0.2, 0.25) is 0 Å². The lowest BCUT2D eigenvalue weighted by Gasteiger charge is -2.35. The molecular weight excluding hydrogens is 384 g/mol. The monoisotopic (exact) mass is 414 g/mol. The zero-order valence-corrected chi connectivity index (χ0v) is 18.6.